The van der Waals surface area contributed by atoms with Crippen LogP contribution < -0.4 is 5.73 Å². The minimum Gasteiger partial charge on any atom is -0.507 e. The SMILES string of the molecule is NC1(c2c(O)cc(F)cc2F)CC1. The smallest absolute Gasteiger partial charge is 0.134 e. The highest BCUT2D eigenvalue weighted by Gasteiger charge is 2.44. The lowest BCUT2D eigenvalue weighted by Crippen LogP contribution is -2.20. The zero-order chi connectivity index (χ0) is 9.64. The lowest BCUT2D eigenvalue weighted by atomic mass is 10.0. The molecule has 1 aliphatic carbocycles. The van der Waals surface area contributed by atoms with E-state index in [1.165, 1.54) is 0 Å². The number of benzene rings is 1. The molecular weight excluding hydrogens is 176 g/mol. The van der Waals surface area contributed by atoms with Gasteiger partial charge in [-0.1, -0.05) is 0 Å². The fourth-order valence-electron chi connectivity index (χ4n) is 1.44. The number of aromatic hydroxyl groups is 1. The molecule has 0 amide bonds. The molecule has 1 saturated carbocycles. The zero-order valence-corrected chi connectivity index (χ0v) is 6.85. The predicted octanol–water partition coefficient (Wildman–Crippen LogP) is 1.62. The Morgan fingerprint density at radius 2 is 1.92 bits per heavy atom. The van der Waals surface area contributed by atoms with Crippen molar-refractivity contribution in [2.75, 3.05) is 0 Å². The van der Waals surface area contributed by atoms with Gasteiger partial charge in [-0.3, -0.25) is 0 Å². The number of hydrogen-bond donors (Lipinski definition) is 2. The summed E-state index contributed by atoms with van der Waals surface area (Å²) in [5.74, 6) is -1.95. The first kappa shape index (κ1) is 8.44. The number of rotatable bonds is 1. The minimum absolute atomic E-state index is 0.0360. The molecule has 0 aromatic heterocycles. The summed E-state index contributed by atoms with van der Waals surface area (Å²) in [5, 5.41) is 9.29. The van der Waals surface area contributed by atoms with Crippen molar-refractivity contribution in [3.8, 4) is 5.75 Å². The van der Waals surface area contributed by atoms with E-state index in [1.54, 1.807) is 0 Å². The summed E-state index contributed by atoms with van der Waals surface area (Å²) in [6.45, 7) is 0. The van der Waals surface area contributed by atoms with Crippen molar-refractivity contribution in [3.63, 3.8) is 0 Å². The van der Waals surface area contributed by atoms with E-state index >= 15 is 0 Å². The molecule has 1 aromatic rings. The quantitative estimate of drug-likeness (QED) is 0.698. The zero-order valence-electron chi connectivity index (χ0n) is 6.85. The van der Waals surface area contributed by atoms with E-state index in [0.717, 1.165) is 12.1 Å². The third-order valence-electron chi connectivity index (χ3n) is 2.32. The monoisotopic (exact) mass is 185 g/mol. The Morgan fingerprint density at radius 1 is 1.31 bits per heavy atom. The van der Waals surface area contributed by atoms with E-state index < -0.39 is 22.9 Å². The summed E-state index contributed by atoms with van der Waals surface area (Å²) in [4.78, 5) is 0. The van der Waals surface area contributed by atoms with Crippen LogP contribution >= 0.6 is 0 Å². The molecule has 0 aliphatic heterocycles. The molecule has 0 bridgehead atoms. The second-order valence-corrected chi connectivity index (χ2v) is 3.44. The molecule has 0 spiro atoms. The number of hydrogen-bond acceptors (Lipinski definition) is 2. The Morgan fingerprint density at radius 3 is 2.38 bits per heavy atom. The van der Waals surface area contributed by atoms with E-state index in [-0.39, 0.29) is 5.56 Å². The first-order chi connectivity index (χ1) is 6.03. The molecule has 0 heterocycles. The van der Waals surface area contributed by atoms with Gasteiger partial charge >= 0.3 is 0 Å². The van der Waals surface area contributed by atoms with Gasteiger partial charge in [0.05, 0.1) is 0 Å². The van der Waals surface area contributed by atoms with Crippen molar-refractivity contribution >= 4 is 0 Å². The third kappa shape index (κ3) is 1.27. The molecule has 70 valence electrons. The molecule has 2 nitrogen and oxygen atoms in total. The van der Waals surface area contributed by atoms with Gasteiger partial charge in [0.2, 0.25) is 0 Å². The number of phenolic OH excluding ortho intramolecular Hbond substituents is 1. The molecule has 13 heavy (non-hydrogen) atoms. The van der Waals surface area contributed by atoms with Gasteiger partial charge in [-0.05, 0) is 12.8 Å². The maximum absolute atomic E-state index is 13.2. The van der Waals surface area contributed by atoms with Crippen molar-refractivity contribution in [1.29, 1.82) is 0 Å². The third-order valence-corrected chi connectivity index (χ3v) is 2.32. The first-order valence-electron chi connectivity index (χ1n) is 4.00. The van der Waals surface area contributed by atoms with Gasteiger partial charge in [0.25, 0.3) is 0 Å². The molecule has 1 aliphatic rings. The van der Waals surface area contributed by atoms with Crippen LogP contribution in [0.1, 0.15) is 18.4 Å². The van der Waals surface area contributed by atoms with Crippen LogP contribution in [0.2, 0.25) is 0 Å². The summed E-state index contributed by atoms with van der Waals surface area (Å²) in [7, 11) is 0. The average Bonchev–Trinajstić information content (AvgIpc) is 2.65. The summed E-state index contributed by atoms with van der Waals surface area (Å²) >= 11 is 0. The number of phenols is 1. The Hall–Kier alpha value is -1.16. The molecule has 0 unspecified atom stereocenters. The van der Waals surface area contributed by atoms with E-state index in [2.05, 4.69) is 0 Å². The largest absolute Gasteiger partial charge is 0.507 e. The van der Waals surface area contributed by atoms with E-state index in [1.807, 2.05) is 0 Å². The van der Waals surface area contributed by atoms with Crippen LogP contribution in [0.3, 0.4) is 0 Å². The van der Waals surface area contributed by atoms with Crippen LogP contribution in [0, 0.1) is 11.6 Å². The van der Waals surface area contributed by atoms with Crippen LogP contribution in [0.15, 0.2) is 12.1 Å². The lowest BCUT2D eigenvalue weighted by molar-refractivity contribution is 0.438. The highest BCUT2D eigenvalue weighted by Crippen LogP contribution is 2.47. The fourth-order valence-corrected chi connectivity index (χ4v) is 1.44. The molecule has 0 atom stereocenters. The lowest BCUT2D eigenvalue weighted by Gasteiger charge is -2.12. The van der Waals surface area contributed by atoms with Crippen molar-refractivity contribution in [2.24, 2.45) is 5.73 Å². The van der Waals surface area contributed by atoms with Crippen molar-refractivity contribution < 1.29 is 13.9 Å². The van der Waals surface area contributed by atoms with Gasteiger partial charge in [-0.15, -0.1) is 0 Å². The maximum atomic E-state index is 13.2. The molecule has 0 saturated heterocycles. The average molecular weight is 185 g/mol. The van der Waals surface area contributed by atoms with Gasteiger partial charge in [-0.25, -0.2) is 8.78 Å². The van der Waals surface area contributed by atoms with Crippen LogP contribution in [0.4, 0.5) is 8.78 Å². The van der Waals surface area contributed by atoms with E-state index in [0.29, 0.717) is 12.8 Å². The first-order valence-corrected chi connectivity index (χ1v) is 4.00. The second-order valence-electron chi connectivity index (χ2n) is 3.44. The van der Waals surface area contributed by atoms with Crippen LogP contribution in [-0.4, -0.2) is 5.11 Å². The molecular formula is C9H9F2NO. The van der Waals surface area contributed by atoms with Gasteiger partial charge in [0.1, 0.15) is 17.4 Å². The molecule has 4 heteroatoms. The standard InChI is InChI=1S/C9H9F2NO/c10-5-3-6(11)8(7(13)4-5)9(12)1-2-9/h3-4,13H,1-2,12H2. The van der Waals surface area contributed by atoms with Gasteiger partial charge in [0, 0.05) is 23.2 Å². The molecule has 3 N–H and O–H groups in total. The minimum atomic E-state index is -0.789. The fraction of sp³-hybridized carbons (Fsp3) is 0.333. The van der Waals surface area contributed by atoms with Crippen LogP contribution in [-0.2, 0) is 5.54 Å². The summed E-state index contributed by atoms with van der Waals surface area (Å²) in [6.07, 6.45) is 1.26. The second kappa shape index (κ2) is 2.42. The summed E-state index contributed by atoms with van der Waals surface area (Å²) < 4.78 is 25.7. The van der Waals surface area contributed by atoms with E-state index in [9.17, 15) is 13.9 Å². The topological polar surface area (TPSA) is 46.2 Å². The van der Waals surface area contributed by atoms with Gasteiger partial charge < -0.3 is 10.8 Å². The van der Waals surface area contributed by atoms with Crippen molar-refractivity contribution in [2.45, 2.75) is 18.4 Å². The molecule has 2 rings (SSSR count). The van der Waals surface area contributed by atoms with Gasteiger partial charge in [-0.2, -0.15) is 0 Å². The summed E-state index contributed by atoms with van der Waals surface area (Å²) in [6, 6.07) is 1.62. The highest BCUT2D eigenvalue weighted by molar-refractivity contribution is 5.42. The Bertz CT molecular complexity index is 338. The predicted molar refractivity (Wildman–Crippen MR) is 43.1 cm³/mol. The Labute approximate surface area is 74.0 Å². The van der Waals surface area contributed by atoms with Gasteiger partial charge in [0.15, 0.2) is 0 Å². The Kier molecular flexibility index (Phi) is 1.57. The molecule has 1 aromatic carbocycles. The Balaban J connectivity index is 2.57. The van der Waals surface area contributed by atoms with Crippen molar-refractivity contribution in [3.05, 3.63) is 29.3 Å². The highest BCUT2D eigenvalue weighted by atomic mass is 19.1. The van der Waals surface area contributed by atoms with Crippen LogP contribution in [0.5, 0.6) is 5.75 Å². The van der Waals surface area contributed by atoms with Crippen LogP contribution in [0.25, 0.3) is 0 Å². The summed E-state index contributed by atoms with van der Waals surface area (Å²) in [5.41, 5.74) is 4.96. The molecule has 0 radical (unpaired) electrons. The number of halogens is 2. The molecule has 1 fully saturated rings. The van der Waals surface area contributed by atoms with E-state index in [4.69, 9.17) is 5.73 Å². The normalized spacial score (nSPS) is 18.7. The maximum Gasteiger partial charge on any atom is 0.134 e. The number of nitrogens with two attached hydrogens (primary N) is 1. The van der Waals surface area contributed by atoms with Crippen molar-refractivity contribution in [1.82, 2.24) is 0 Å².